The monoisotopic (exact) mass is 374 g/mol. The first-order chi connectivity index (χ1) is 13.7. The fraction of sp³-hybridized carbons (Fsp3) is 0.348. The number of aryl methyl sites for hydroxylation is 2. The van der Waals surface area contributed by atoms with Gasteiger partial charge in [0.1, 0.15) is 5.82 Å². The molecule has 0 saturated heterocycles. The van der Waals surface area contributed by atoms with Gasteiger partial charge in [0, 0.05) is 42.3 Å². The number of hydrogen-bond acceptors (Lipinski definition) is 5. The minimum absolute atomic E-state index is 0.513. The highest BCUT2D eigenvalue weighted by atomic mass is 16.3. The normalized spacial score (nSPS) is 14.0. The minimum Gasteiger partial charge on any atom is -0.387 e. The summed E-state index contributed by atoms with van der Waals surface area (Å²) < 4.78 is 0. The predicted octanol–water partition coefficient (Wildman–Crippen LogP) is 3.90. The van der Waals surface area contributed by atoms with Crippen molar-refractivity contribution in [2.24, 2.45) is 0 Å². The van der Waals surface area contributed by atoms with Crippen LogP contribution in [0.15, 0.2) is 48.8 Å². The largest absolute Gasteiger partial charge is 0.387 e. The van der Waals surface area contributed by atoms with Crippen molar-refractivity contribution >= 4 is 5.82 Å². The Morgan fingerprint density at radius 1 is 1.04 bits per heavy atom. The summed E-state index contributed by atoms with van der Waals surface area (Å²) in [5, 5.41) is 10.8. The maximum absolute atomic E-state index is 10.8. The number of fused-ring (bicyclic) bond motifs is 1. The van der Waals surface area contributed by atoms with Crippen LogP contribution in [0.3, 0.4) is 0 Å². The van der Waals surface area contributed by atoms with E-state index in [-0.39, 0.29) is 0 Å². The first-order valence-corrected chi connectivity index (χ1v) is 9.95. The molecule has 0 radical (unpaired) electrons. The Balaban J connectivity index is 1.67. The Morgan fingerprint density at radius 3 is 2.50 bits per heavy atom. The zero-order valence-corrected chi connectivity index (χ0v) is 16.5. The van der Waals surface area contributed by atoms with Gasteiger partial charge in [0.15, 0.2) is 5.82 Å². The summed E-state index contributed by atoms with van der Waals surface area (Å²) in [5.74, 6) is 1.70. The van der Waals surface area contributed by atoms with Crippen molar-refractivity contribution in [2.75, 3.05) is 18.0 Å². The van der Waals surface area contributed by atoms with Gasteiger partial charge in [-0.2, -0.15) is 0 Å². The molecule has 1 aliphatic carbocycles. The van der Waals surface area contributed by atoms with Crippen LogP contribution in [0.25, 0.3) is 11.4 Å². The van der Waals surface area contributed by atoms with E-state index in [0.717, 1.165) is 54.3 Å². The van der Waals surface area contributed by atoms with Crippen molar-refractivity contribution in [3.63, 3.8) is 0 Å². The summed E-state index contributed by atoms with van der Waals surface area (Å²) in [6, 6.07) is 12.0. The fourth-order valence-electron chi connectivity index (χ4n) is 3.77. The highest BCUT2D eigenvalue weighted by Gasteiger charge is 2.24. The third-order valence-electron chi connectivity index (χ3n) is 5.39. The second-order valence-electron chi connectivity index (χ2n) is 7.35. The van der Waals surface area contributed by atoms with Crippen molar-refractivity contribution in [1.29, 1.82) is 0 Å². The summed E-state index contributed by atoms with van der Waals surface area (Å²) in [5.41, 5.74) is 5.47. The number of rotatable bonds is 6. The molecule has 2 aromatic heterocycles. The smallest absolute Gasteiger partial charge is 0.161 e. The lowest BCUT2D eigenvalue weighted by Gasteiger charge is -2.27. The Kier molecular flexibility index (Phi) is 5.35. The average Bonchev–Trinajstić information content (AvgIpc) is 3.21. The van der Waals surface area contributed by atoms with Gasteiger partial charge in [-0.3, -0.25) is 4.98 Å². The lowest BCUT2D eigenvalue weighted by Crippen LogP contribution is -2.30. The number of aliphatic hydroxyl groups is 1. The molecular formula is C23H26N4O. The fourth-order valence-corrected chi connectivity index (χ4v) is 3.77. The summed E-state index contributed by atoms with van der Waals surface area (Å²) >= 11 is 0. The van der Waals surface area contributed by atoms with Gasteiger partial charge < -0.3 is 10.0 Å². The number of pyridine rings is 1. The summed E-state index contributed by atoms with van der Waals surface area (Å²) in [7, 11) is 0. The molecule has 28 heavy (non-hydrogen) atoms. The topological polar surface area (TPSA) is 62.1 Å². The van der Waals surface area contributed by atoms with E-state index >= 15 is 0 Å². The molecule has 0 aliphatic heterocycles. The van der Waals surface area contributed by atoms with E-state index in [1.165, 1.54) is 11.1 Å². The van der Waals surface area contributed by atoms with Gasteiger partial charge in [0.25, 0.3) is 0 Å². The van der Waals surface area contributed by atoms with Crippen LogP contribution in [-0.2, 0) is 12.8 Å². The van der Waals surface area contributed by atoms with Crippen LogP contribution in [0.1, 0.15) is 41.8 Å². The molecule has 144 valence electrons. The third-order valence-corrected chi connectivity index (χ3v) is 5.39. The molecule has 1 aliphatic rings. The first-order valence-electron chi connectivity index (χ1n) is 9.95. The zero-order chi connectivity index (χ0) is 19.5. The van der Waals surface area contributed by atoms with Crippen molar-refractivity contribution < 1.29 is 5.11 Å². The van der Waals surface area contributed by atoms with Gasteiger partial charge in [0.2, 0.25) is 0 Å². The minimum atomic E-state index is -0.558. The van der Waals surface area contributed by atoms with Crippen LogP contribution >= 0.6 is 0 Å². The van der Waals surface area contributed by atoms with Gasteiger partial charge in [-0.1, -0.05) is 29.8 Å². The Bertz CT molecular complexity index is 941. The lowest BCUT2D eigenvalue weighted by molar-refractivity contribution is 0.183. The maximum Gasteiger partial charge on any atom is 0.161 e. The molecule has 0 saturated carbocycles. The molecule has 3 aromatic rings. The van der Waals surface area contributed by atoms with E-state index in [9.17, 15) is 5.11 Å². The molecule has 0 spiro atoms. The van der Waals surface area contributed by atoms with Crippen molar-refractivity contribution in [2.45, 2.75) is 39.2 Å². The van der Waals surface area contributed by atoms with Crippen LogP contribution < -0.4 is 4.90 Å². The lowest BCUT2D eigenvalue weighted by atomic mass is 10.1. The van der Waals surface area contributed by atoms with E-state index in [2.05, 4.69) is 23.7 Å². The molecule has 4 rings (SSSR count). The van der Waals surface area contributed by atoms with E-state index in [0.29, 0.717) is 6.54 Å². The SMILES string of the molecule is CCN(CC(O)c1ccc(C)cc1)c1nc(-c2ccncc2)nc2c1CCC2. The average molecular weight is 374 g/mol. The molecule has 1 atom stereocenters. The Morgan fingerprint density at radius 2 is 1.79 bits per heavy atom. The number of aliphatic hydroxyl groups excluding tert-OH is 1. The number of hydrogen-bond donors (Lipinski definition) is 1. The summed E-state index contributed by atoms with van der Waals surface area (Å²) in [4.78, 5) is 16.0. The number of anilines is 1. The van der Waals surface area contributed by atoms with Gasteiger partial charge in [0.05, 0.1) is 6.10 Å². The number of likely N-dealkylation sites (N-methyl/N-ethyl adjacent to an activating group) is 1. The van der Waals surface area contributed by atoms with Gasteiger partial charge in [-0.05, 0) is 50.8 Å². The molecule has 2 heterocycles. The van der Waals surface area contributed by atoms with Gasteiger partial charge >= 0.3 is 0 Å². The van der Waals surface area contributed by atoms with E-state index < -0.39 is 6.10 Å². The van der Waals surface area contributed by atoms with Crippen molar-refractivity contribution in [1.82, 2.24) is 15.0 Å². The molecule has 0 amide bonds. The quantitative estimate of drug-likeness (QED) is 0.709. The van der Waals surface area contributed by atoms with Crippen LogP contribution in [-0.4, -0.2) is 33.1 Å². The first kappa shape index (κ1) is 18.6. The number of nitrogens with zero attached hydrogens (tertiary/aromatic N) is 4. The Hall–Kier alpha value is -2.79. The standard InChI is InChI=1S/C23H26N4O/c1-3-27(15-21(28)17-9-7-16(2)8-10-17)23-19-5-4-6-20(19)25-22(26-23)18-11-13-24-14-12-18/h7-14,21,28H,3-6,15H2,1-2H3. The Labute approximate surface area is 166 Å². The highest BCUT2D eigenvalue weighted by molar-refractivity contribution is 5.61. The van der Waals surface area contributed by atoms with Gasteiger partial charge in [-0.15, -0.1) is 0 Å². The number of aromatic nitrogens is 3. The molecule has 5 nitrogen and oxygen atoms in total. The molecule has 0 fully saturated rings. The highest BCUT2D eigenvalue weighted by Crippen LogP contribution is 2.32. The molecule has 1 N–H and O–H groups in total. The van der Waals surface area contributed by atoms with E-state index in [4.69, 9.17) is 9.97 Å². The second-order valence-corrected chi connectivity index (χ2v) is 7.35. The molecular weight excluding hydrogens is 348 g/mol. The second kappa shape index (κ2) is 8.07. The maximum atomic E-state index is 10.8. The van der Waals surface area contributed by atoms with Crippen LogP contribution in [0.2, 0.25) is 0 Å². The third kappa shape index (κ3) is 3.76. The zero-order valence-electron chi connectivity index (χ0n) is 16.5. The number of benzene rings is 1. The van der Waals surface area contributed by atoms with E-state index in [1.54, 1.807) is 12.4 Å². The van der Waals surface area contributed by atoms with Crippen LogP contribution in [0.5, 0.6) is 0 Å². The van der Waals surface area contributed by atoms with Crippen LogP contribution in [0, 0.1) is 6.92 Å². The summed E-state index contributed by atoms with van der Waals surface area (Å²) in [6.07, 6.45) is 6.07. The molecule has 1 aromatic carbocycles. The van der Waals surface area contributed by atoms with Crippen molar-refractivity contribution in [3.8, 4) is 11.4 Å². The van der Waals surface area contributed by atoms with Crippen molar-refractivity contribution in [3.05, 3.63) is 71.2 Å². The van der Waals surface area contributed by atoms with Gasteiger partial charge in [-0.25, -0.2) is 9.97 Å². The summed E-state index contributed by atoms with van der Waals surface area (Å²) in [6.45, 7) is 5.46. The molecule has 5 heteroatoms. The molecule has 1 unspecified atom stereocenters. The van der Waals surface area contributed by atoms with Crippen LogP contribution in [0.4, 0.5) is 5.82 Å². The predicted molar refractivity (Wildman–Crippen MR) is 111 cm³/mol. The van der Waals surface area contributed by atoms with E-state index in [1.807, 2.05) is 36.4 Å². The molecule has 0 bridgehead atoms.